The lowest BCUT2D eigenvalue weighted by Gasteiger charge is -2.16. The van der Waals surface area contributed by atoms with Gasteiger partial charge in [0.05, 0.1) is 0 Å². The number of benzene rings is 1. The summed E-state index contributed by atoms with van der Waals surface area (Å²) in [4.78, 5) is 4.23. The minimum Gasteiger partial charge on any atom is -0.383 e. The summed E-state index contributed by atoms with van der Waals surface area (Å²) in [5, 5.41) is 6.10. The van der Waals surface area contributed by atoms with Crippen LogP contribution in [0.1, 0.15) is 26.2 Å². The standard InChI is InChI=1S/C15H17F3N2S/c1-11(3-2-8-15(16,17)18)20-13-6-4-12(5-7-13)14-19-9-10-21-14/h4-7,9-11,20H,2-3,8H2,1H3. The van der Waals surface area contributed by atoms with Gasteiger partial charge in [-0.25, -0.2) is 4.98 Å². The van der Waals surface area contributed by atoms with Crippen LogP contribution >= 0.6 is 11.3 Å². The highest BCUT2D eigenvalue weighted by molar-refractivity contribution is 7.13. The van der Waals surface area contributed by atoms with E-state index < -0.39 is 12.6 Å². The number of alkyl halides is 3. The highest BCUT2D eigenvalue weighted by Gasteiger charge is 2.26. The molecular weight excluding hydrogens is 297 g/mol. The number of nitrogens with zero attached hydrogens (tertiary/aromatic N) is 1. The van der Waals surface area contributed by atoms with Crippen LogP contribution in [0.2, 0.25) is 0 Å². The normalized spacial score (nSPS) is 13.1. The van der Waals surface area contributed by atoms with Crippen molar-refractivity contribution in [3.63, 3.8) is 0 Å². The highest BCUT2D eigenvalue weighted by Crippen LogP contribution is 2.25. The average Bonchev–Trinajstić information content (AvgIpc) is 2.92. The molecule has 0 saturated heterocycles. The second kappa shape index (κ2) is 6.93. The quantitative estimate of drug-likeness (QED) is 0.778. The van der Waals surface area contributed by atoms with Crippen molar-refractivity contribution in [2.75, 3.05) is 5.32 Å². The summed E-state index contributed by atoms with van der Waals surface area (Å²) in [6.07, 6.45) is -2.38. The molecule has 21 heavy (non-hydrogen) atoms. The van der Waals surface area contributed by atoms with Crippen molar-refractivity contribution >= 4 is 17.0 Å². The van der Waals surface area contributed by atoms with Gasteiger partial charge in [0, 0.05) is 35.3 Å². The second-order valence-electron chi connectivity index (χ2n) is 4.97. The Morgan fingerprint density at radius 2 is 1.95 bits per heavy atom. The number of nitrogens with one attached hydrogen (secondary N) is 1. The fourth-order valence-corrected chi connectivity index (χ4v) is 2.68. The number of hydrogen-bond acceptors (Lipinski definition) is 3. The summed E-state index contributed by atoms with van der Waals surface area (Å²) >= 11 is 1.57. The molecule has 0 bridgehead atoms. The van der Waals surface area contributed by atoms with E-state index in [-0.39, 0.29) is 12.5 Å². The van der Waals surface area contributed by atoms with Crippen molar-refractivity contribution in [1.29, 1.82) is 0 Å². The maximum atomic E-state index is 12.1. The van der Waals surface area contributed by atoms with Gasteiger partial charge in [-0.2, -0.15) is 13.2 Å². The van der Waals surface area contributed by atoms with Crippen molar-refractivity contribution in [2.24, 2.45) is 0 Å². The summed E-state index contributed by atoms with van der Waals surface area (Å²) in [7, 11) is 0. The van der Waals surface area contributed by atoms with Gasteiger partial charge >= 0.3 is 6.18 Å². The largest absolute Gasteiger partial charge is 0.389 e. The van der Waals surface area contributed by atoms with Crippen LogP contribution in [-0.2, 0) is 0 Å². The van der Waals surface area contributed by atoms with Crippen LogP contribution in [0.15, 0.2) is 35.8 Å². The number of halogens is 3. The van der Waals surface area contributed by atoms with E-state index in [9.17, 15) is 13.2 Å². The van der Waals surface area contributed by atoms with E-state index in [1.165, 1.54) is 0 Å². The van der Waals surface area contributed by atoms with E-state index in [0.29, 0.717) is 6.42 Å². The van der Waals surface area contributed by atoms with Crippen LogP contribution in [-0.4, -0.2) is 17.2 Å². The van der Waals surface area contributed by atoms with Crippen LogP contribution in [0.4, 0.5) is 18.9 Å². The zero-order chi connectivity index (χ0) is 15.3. The molecule has 1 aromatic heterocycles. The number of aromatic nitrogens is 1. The van der Waals surface area contributed by atoms with E-state index in [0.717, 1.165) is 16.3 Å². The molecule has 1 aromatic carbocycles. The van der Waals surface area contributed by atoms with Crippen LogP contribution in [0.25, 0.3) is 10.6 Å². The van der Waals surface area contributed by atoms with Crippen LogP contribution < -0.4 is 5.32 Å². The molecule has 1 unspecified atom stereocenters. The predicted molar refractivity (Wildman–Crippen MR) is 80.5 cm³/mol. The molecule has 0 spiro atoms. The molecular formula is C15H17F3N2S. The number of thiazole rings is 1. The van der Waals surface area contributed by atoms with Gasteiger partial charge in [-0.1, -0.05) is 0 Å². The molecule has 6 heteroatoms. The van der Waals surface area contributed by atoms with Crippen LogP contribution in [0, 0.1) is 0 Å². The Kier molecular flexibility index (Phi) is 5.22. The Morgan fingerprint density at radius 3 is 2.52 bits per heavy atom. The molecule has 2 nitrogen and oxygen atoms in total. The fourth-order valence-electron chi connectivity index (χ4n) is 2.04. The number of rotatable bonds is 6. The third-order valence-electron chi connectivity index (χ3n) is 3.07. The third kappa shape index (κ3) is 5.38. The van der Waals surface area contributed by atoms with Gasteiger partial charge in [0.25, 0.3) is 0 Å². The monoisotopic (exact) mass is 314 g/mol. The van der Waals surface area contributed by atoms with Crippen LogP contribution in [0.5, 0.6) is 0 Å². The van der Waals surface area contributed by atoms with E-state index in [1.807, 2.05) is 36.6 Å². The first kappa shape index (κ1) is 15.8. The maximum Gasteiger partial charge on any atom is 0.389 e. The Labute approximate surface area is 126 Å². The van der Waals surface area contributed by atoms with E-state index in [1.54, 1.807) is 17.5 Å². The van der Waals surface area contributed by atoms with Crippen molar-refractivity contribution in [1.82, 2.24) is 4.98 Å². The molecule has 2 aromatic rings. The molecule has 1 atom stereocenters. The highest BCUT2D eigenvalue weighted by atomic mass is 32.1. The second-order valence-corrected chi connectivity index (χ2v) is 5.86. The SMILES string of the molecule is CC(CCCC(F)(F)F)Nc1ccc(-c2nccs2)cc1. The number of hydrogen-bond donors (Lipinski definition) is 1. The minimum atomic E-state index is -4.06. The first-order chi connectivity index (χ1) is 9.94. The molecule has 0 fully saturated rings. The van der Waals surface area contributed by atoms with Gasteiger partial charge in [-0.15, -0.1) is 11.3 Å². The lowest BCUT2D eigenvalue weighted by molar-refractivity contribution is -0.135. The number of anilines is 1. The van der Waals surface area contributed by atoms with Crippen LogP contribution in [0.3, 0.4) is 0 Å². The van der Waals surface area contributed by atoms with Crippen molar-refractivity contribution in [3.05, 3.63) is 35.8 Å². The van der Waals surface area contributed by atoms with E-state index in [2.05, 4.69) is 10.3 Å². The molecule has 1 N–H and O–H groups in total. The Balaban J connectivity index is 1.83. The molecule has 1 heterocycles. The summed E-state index contributed by atoms with van der Waals surface area (Å²) in [5.41, 5.74) is 1.95. The predicted octanol–water partition coefficient (Wildman–Crippen LogP) is 5.34. The summed E-state index contributed by atoms with van der Waals surface area (Å²) in [6.45, 7) is 1.89. The molecule has 0 aliphatic carbocycles. The molecule has 114 valence electrons. The van der Waals surface area contributed by atoms with Gasteiger partial charge in [0.1, 0.15) is 5.01 Å². The molecule has 2 rings (SSSR count). The smallest absolute Gasteiger partial charge is 0.383 e. The zero-order valence-electron chi connectivity index (χ0n) is 11.7. The van der Waals surface area contributed by atoms with E-state index >= 15 is 0 Å². The topological polar surface area (TPSA) is 24.9 Å². The molecule has 0 aliphatic heterocycles. The van der Waals surface area contributed by atoms with Gasteiger partial charge in [0.15, 0.2) is 0 Å². The molecule has 0 aliphatic rings. The zero-order valence-corrected chi connectivity index (χ0v) is 12.5. The van der Waals surface area contributed by atoms with Crippen molar-refractivity contribution in [2.45, 2.75) is 38.4 Å². The van der Waals surface area contributed by atoms with Crippen molar-refractivity contribution in [3.8, 4) is 10.6 Å². The van der Waals surface area contributed by atoms with Crippen molar-refractivity contribution < 1.29 is 13.2 Å². The minimum absolute atomic E-state index is 0.0121. The Hall–Kier alpha value is -1.56. The molecule has 0 saturated carbocycles. The maximum absolute atomic E-state index is 12.1. The summed E-state index contributed by atoms with van der Waals surface area (Å²) in [6, 6.07) is 7.79. The van der Waals surface area contributed by atoms with Gasteiger partial charge in [-0.3, -0.25) is 0 Å². The Morgan fingerprint density at radius 1 is 1.24 bits per heavy atom. The lowest BCUT2D eigenvalue weighted by atomic mass is 10.1. The molecule has 0 radical (unpaired) electrons. The third-order valence-corrected chi connectivity index (χ3v) is 3.90. The van der Waals surface area contributed by atoms with Gasteiger partial charge in [-0.05, 0) is 44.0 Å². The first-order valence-electron chi connectivity index (χ1n) is 6.77. The van der Waals surface area contributed by atoms with Gasteiger partial charge < -0.3 is 5.32 Å². The van der Waals surface area contributed by atoms with Gasteiger partial charge in [0.2, 0.25) is 0 Å². The summed E-state index contributed by atoms with van der Waals surface area (Å²) in [5.74, 6) is 0. The van der Waals surface area contributed by atoms with E-state index in [4.69, 9.17) is 0 Å². The lowest BCUT2D eigenvalue weighted by Crippen LogP contribution is -2.16. The average molecular weight is 314 g/mol. The first-order valence-corrected chi connectivity index (χ1v) is 7.65. The summed E-state index contributed by atoms with van der Waals surface area (Å²) < 4.78 is 36.3. The Bertz CT molecular complexity index is 535. The molecule has 0 amide bonds. The fraction of sp³-hybridized carbons (Fsp3) is 0.400.